The highest BCUT2D eigenvalue weighted by Crippen LogP contribution is 2.37. The van der Waals surface area contributed by atoms with Crippen LogP contribution in [0.15, 0.2) is 40.2 Å². The Hall–Kier alpha value is -2.99. The van der Waals surface area contributed by atoms with Gasteiger partial charge in [-0.15, -0.1) is 11.3 Å². The van der Waals surface area contributed by atoms with Crippen LogP contribution in [0.1, 0.15) is 24.4 Å². The molecule has 3 aromatic rings. The molecule has 12 heteroatoms. The number of alkyl halides is 3. The van der Waals surface area contributed by atoms with Gasteiger partial charge in [0.2, 0.25) is 11.7 Å². The maximum absolute atomic E-state index is 12.9. The molecular formula is C19H18F3N5O3S. The predicted molar refractivity (Wildman–Crippen MR) is 108 cm³/mol. The molecule has 0 bridgehead atoms. The maximum atomic E-state index is 12.9. The molecule has 1 aromatic carbocycles. The van der Waals surface area contributed by atoms with Crippen LogP contribution in [0.2, 0.25) is 0 Å². The molecule has 0 aliphatic carbocycles. The van der Waals surface area contributed by atoms with Crippen molar-refractivity contribution in [2.45, 2.75) is 19.1 Å². The van der Waals surface area contributed by atoms with Crippen molar-refractivity contribution in [2.75, 3.05) is 31.1 Å². The van der Waals surface area contributed by atoms with Crippen molar-refractivity contribution < 1.29 is 22.6 Å². The summed E-state index contributed by atoms with van der Waals surface area (Å²) in [7, 11) is 0. The zero-order valence-electron chi connectivity index (χ0n) is 16.4. The Bertz CT molecular complexity index is 1060. The molecule has 3 heterocycles. The summed E-state index contributed by atoms with van der Waals surface area (Å²) in [6, 6.07) is 6.28. The highest BCUT2D eigenvalue weighted by atomic mass is 32.1. The van der Waals surface area contributed by atoms with Crippen molar-refractivity contribution in [3.8, 4) is 10.7 Å². The summed E-state index contributed by atoms with van der Waals surface area (Å²) in [4.78, 5) is 19.8. The fraction of sp³-hybridized carbons (Fsp3) is 0.368. The van der Waals surface area contributed by atoms with Crippen LogP contribution in [0.25, 0.3) is 10.7 Å². The Labute approximate surface area is 179 Å². The lowest BCUT2D eigenvalue weighted by Crippen LogP contribution is -2.47. The van der Waals surface area contributed by atoms with Gasteiger partial charge < -0.3 is 9.42 Å². The van der Waals surface area contributed by atoms with Crippen LogP contribution in [0.3, 0.4) is 0 Å². The third-order valence-corrected chi connectivity index (χ3v) is 6.11. The highest BCUT2D eigenvalue weighted by molar-refractivity contribution is 7.13. The molecule has 0 amide bonds. The average Bonchev–Trinajstić information content (AvgIpc) is 3.44. The van der Waals surface area contributed by atoms with Crippen LogP contribution in [-0.2, 0) is 6.18 Å². The minimum atomic E-state index is -4.64. The molecular weight excluding hydrogens is 435 g/mol. The van der Waals surface area contributed by atoms with Crippen molar-refractivity contribution in [1.82, 2.24) is 15.0 Å². The molecule has 1 saturated heterocycles. The fourth-order valence-electron chi connectivity index (χ4n) is 3.53. The molecule has 1 aliphatic heterocycles. The van der Waals surface area contributed by atoms with Crippen molar-refractivity contribution in [3.05, 3.63) is 57.3 Å². The van der Waals surface area contributed by atoms with Crippen LogP contribution in [-0.4, -0.2) is 46.1 Å². The quantitative estimate of drug-likeness (QED) is 0.412. The van der Waals surface area contributed by atoms with E-state index in [0.29, 0.717) is 44.0 Å². The second-order valence-corrected chi connectivity index (χ2v) is 8.04. The first-order valence-corrected chi connectivity index (χ1v) is 10.3. The van der Waals surface area contributed by atoms with Crippen LogP contribution >= 0.6 is 11.3 Å². The molecule has 4 rings (SSSR count). The van der Waals surface area contributed by atoms with E-state index in [1.165, 1.54) is 17.4 Å². The molecule has 1 aliphatic rings. The SMILES string of the molecule is C[C@@H](c1nc(-c2cccs2)no1)N1CCN(c2ccc(C(F)(F)F)cc2[N+](=O)[O-])CC1. The van der Waals surface area contributed by atoms with E-state index in [9.17, 15) is 23.3 Å². The van der Waals surface area contributed by atoms with E-state index in [1.54, 1.807) is 4.90 Å². The number of rotatable bonds is 5. The van der Waals surface area contributed by atoms with E-state index in [-0.39, 0.29) is 11.7 Å². The third-order valence-electron chi connectivity index (χ3n) is 5.24. The van der Waals surface area contributed by atoms with Gasteiger partial charge >= 0.3 is 6.18 Å². The van der Waals surface area contributed by atoms with Crippen molar-refractivity contribution in [1.29, 1.82) is 0 Å². The lowest BCUT2D eigenvalue weighted by molar-refractivity contribution is -0.384. The Morgan fingerprint density at radius 3 is 2.58 bits per heavy atom. The molecule has 164 valence electrons. The van der Waals surface area contributed by atoms with Gasteiger partial charge in [0.25, 0.3) is 5.69 Å². The second-order valence-electron chi connectivity index (χ2n) is 7.09. The molecule has 0 saturated carbocycles. The van der Waals surface area contributed by atoms with Gasteiger partial charge in [0.15, 0.2) is 0 Å². The minimum absolute atomic E-state index is 0.161. The first kappa shape index (κ1) is 21.2. The number of hydrogen-bond donors (Lipinski definition) is 0. The number of anilines is 1. The van der Waals surface area contributed by atoms with Crippen molar-refractivity contribution in [3.63, 3.8) is 0 Å². The van der Waals surface area contributed by atoms with E-state index in [1.807, 2.05) is 24.4 Å². The lowest BCUT2D eigenvalue weighted by Gasteiger charge is -2.37. The summed E-state index contributed by atoms with van der Waals surface area (Å²) in [5.41, 5.74) is -1.40. The maximum Gasteiger partial charge on any atom is 0.416 e. The summed E-state index contributed by atoms with van der Waals surface area (Å²) in [5.74, 6) is 0.994. The van der Waals surface area contributed by atoms with Crippen LogP contribution < -0.4 is 4.90 Å². The van der Waals surface area contributed by atoms with Gasteiger partial charge in [-0.1, -0.05) is 11.2 Å². The predicted octanol–water partition coefficient (Wildman–Crippen LogP) is 4.61. The van der Waals surface area contributed by atoms with E-state index in [4.69, 9.17) is 4.52 Å². The number of halogens is 3. The standard InChI is InChI=1S/C19H18F3N5O3S/c1-12(18-23-17(24-30-18)16-3-2-10-31-16)25-6-8-26(9-7-25)14-5-4-13(19(20,21)22)11-15(14)27(28)29/h2-5,10-12H,6-9H2,1H3/t12-/m0/s1. The molecule has 2 aromatic heterocycles. The Morgan fingerprint density at radius 1 is 1.23 bits per heavy atom. The number of hydrogen-bond acceptors (Lipinski definition) is 8. The second kappa shape index (κ2) is 8.27. The van der Waals surface area contributed by atoms with E-state index in [0.717, 1.165) is 10.9 Å². The van der Waals surface area contributed by atoms with Gasteiger partial charge in [0.1, 0.15) is 5.69 Å². The zero-order chi connectivity index (χ0) is 22.2. The Kier molecular flexibility index (Phi) is 5.67. The summed E-state index contributed by atoms with van der Waals surface area (Å²) in [6.07, 6.45) is -4.64. The number of benzene rings is 1. The number of piperazine rings is 1. The molecule has 1 atom stereocenters. The van der Waals surface area contributed by atoms with Crippen LogP contribution in [0.5, 0.6) is 0 Å². The molecule has 1 fully saturated rings. The number of thiophene rings is 1. The molecule has 0 spiro atoms. The number of nitro groups is 1. The molecule has 8 nitrogen and oxygen atoms in total. The Balaban J connectivity index is 1.46. The topological polar surface area (TPSA) is 88.5 Å². The van der Waals surface area contributed by atoms with Gasteiger partial charge in [-0.05, 0) is 30.5 Å². The summed E-state index contributed by atoms with van der Waals surface area (Å²) >= 11 is 1.51. The van der Waals surface area contributed by atoms with Gasteiger partial charge in [-0.25, -0.2) is 0 Å². The monoisotopic (exact) mass is 453 g/mol. The normalized spacial score (nSPS) is 16.5. The van der Waals surface area contributed by atoms with E-state index in [2.05, 4.69) is 15.0 Å². The van der Waals surface area contributed by atoms with Gasteiger partial charge in [0, 0.05) is 32.2 Å². The third kappa shape index (κ3) is 4.39. The van der Waals surface area contributed by atoms with Gasteiger partial charge in [-0.3, -0.25) is 15.0 Å². The average molecular weight is 453 g/mol. The number of aromatic nitrogens is 2. The molecule has 0 radical (unpaired) electrons. The van der Waals surface area contributed by atoms with E-state index < -0.39 is 22.4 Å². The summed E-state index contributed by atoms with van der Waals surface area (Å²) in [6.45, 7) is 3.85. The Morgan fingerprint density at radius 2 is 1.97 bits per heavy atom. The van der Waals surface area contributed by atoms with Gasteiger partial charge in [-0.2, -0.15) is 18.2 Å². The lowest BCUT2D eigenvalue weighted by atomic mass is 10.1. The van der Waals surface area contributed by atoms with Crippen LogP contribution in [0.4, 0.5) is 24.5 Å². The minimum Gasteiger partial charge on any atom is -0.363 e. The smallest absolute Gasteiger partial charge is 0.363 e. The molecule has 31 heavy (non-hydrogen) atoms. The highest BCUT2D eigenvalue weighted by Gasteiger charge is 2.34. The number of nitro benzene ring substituents is 1. The van der Waals surface area contributed by atoms with Crippen LogP contribution in [0, 0.1) is 10.1 Å². The molecule has 0 N–H and O–H groups in total. The zero-order valence-corrected chi connectivity index (χ0v) is 17.2. The largest absolute Gasteiger partial charge is 0.416 e. The van der Waals surface area contributed by atoms with Crippen molar-refractivity contribution >= 4 is 22.7 Å². The van der Waals surface area contributed by atoms with E-state index >= 15 is 0 Å². The molecule has 0 unspecified atom stereocenters. The van der Waals surface area contributed by atoms with Crippen molar-refractivity contribution in [2.24, 2.45) is 0 Å². The first-order chi connectivity index (χ1) is 14.7. The first-order valence-electron chi connectivity index (χ1n) is 9.46. The van der Waals surface area contributed by atoms with Gasteiger partial charge in [0.05, 0.1) is 21.4 Å². The number of nitrogens with zero attached hydrogens (tertiary/aromatic N) is 5. The fourth-order valence-corrected chi connectivity index (χ4v) is 4.18. The summed E-state index contributed by atoms with van der Waals surface area (Å²) < 4.78 is 44.2. The summed E-state index contributed by atoms with van der Waals surface area (Å²) in [5, 5.41) is 17.3.